The van der Waals surface area contributed by atoms with Crippen LogP contribution in [0.1, 0.15) is 0 Å². The molecule has 0 unspecified atom stereocenters. The van der Waals surface area contributed by atoms with E-state index in [0.717, 1.165) is 0 Å². The van der Waals surface area contributed by atoms with Gasteiger partial charge in [0.1, 0.15) is 0 Å². The van der Waals surface area contributed by atoms with Crippen molar-refractivity contribution < 1.29 is 41.6 Å². The summed E-state index contributed by atoms with van der Waals surface area (Å²) in [6.07, 6.45) is 0. The van der Waals surface area contributed by atoms with Gasteiger partial charge in [0, 0.05) is 0 Å². The van der Waals surface area contributed by atoms with E-state index in [1.807, 2.05) is 0 Å². The summed E-state index contributed by atoms with van der Waals surface area (Å²) >= 11 is -7.62. The molecule has 0 spiro atoms. The third-order valence-corrected chi connectivity index (χ3v) is 3.29. The first-order valence-electron chi connectivity index (χ1n) is 0.772. The van der Waals surface area contributed by atoms with E-state index >= 15 is 0 Å². The monoisotopic (exact) mass is 355 g/mol. The molecule has 0 saturated heterocycles. The molecule has 0 fully saturated rings. The van der Waals surface area contributed by atoms with Crippen LogP contribution < -0.4 is 0 Å². The van der Waals surface area contributed by atoms with Crippen LogP contribution in [0.5, 0.6) is 0 Å². The summed E-state index contributed by atoms with van der Waals surface area (Å²) in [5.41, 5.74) is 0. The normalized spacial score (nSPS) is 12.0. The summed E-state index contributed by atoms with van der Waals surface area (Å²) in [5, 5.41) is 0. The minimum atomic E-state index is -5.24. The molecule has 0 saturated carbocycles. The zero-order valence-corrected chi connectivity index (χ0v) is 6.78. The molecule has 0 atom stereocenters. The standard InChI is InChI=1S/Ir.Mo.4O. The fourth-order valence-electron chi connectivity index (χ4n) is 0. The van der Waals surface area contributed by atoms with Crippen LogP contribution in [0.2, 0.25) is 0 Å². The molecule has 0 aromatic heterocycles. The average Bonchev–Trinajstić information content (AvgIpc) is 1.35. The van der Waals surface area contributed by atoms with Gasteiger partial charge in [-0.15, -0.1) is 0 Å². The van der Waals surface area contributed by atoms with Gasteiger partial charge in [0.2, 0.25) is 0 Å². The van der Waals surface area contributed by atoms with Gasteiger partial charge in [0.05, 0.1) is 0 Å². The van der Waals surface area contributed by atoms with Crippen molar-refractivity contribution in [1.82, 2.24) is 0 Å². The van der Waals surface area contributed by atoms with E-state index in [-0.39, 0.29) is 0 Å². The molecular formula is IrMoO4. The fraction of sp³-hybridized carbons (Fsp3) is 0. The summed E-state index contributed by atoms with van der Waals surface area (Å²) in [4.78, 5) is 0. The van der Waals surface area contributed by atoms with Crippen molar-refractivity contribution in [2.45, 2.75) is 0 Å². The summed E-state index contributed by atoms with van der Waals surface area (Å²) in [7, 11) is 0. The van der Waals surface area contributed by atoms with Crippen molar-refractivity contribution in [2.24, 2.45) is 0 Å². The zero-order valence-electron chi connectivity index (χ0n) is 2.37. The average molecular weight is 352 g/mol. The number of rotatable bonds is 1. The maximum absolute atomic E-state index is 9.29. The summed E-state index contributed by atoms with van der Waals surface area (Å²) in [6, 6.07) is 0. The van der Waals surface area contributed by atoms with Crippen LogP contribution in [0, 0.1) is 0 Å². The molecule has 0 aromatic carbocycles. The van der Waals surface area contributed by atoms with Gasteiger partial charge in [0.25, 0.3) is 0 Å². The first-order valence-corrected chi connectivity index (χ1v) is 10.7. The molecule has 0 aliphatic rings. The third kappa shape index (κ3) is 4.54. The number of hydrogen-bond donors (Lipinski definition) is 0. The Morgan fingerprint density at radius 1 is 1.17 bits per heavy atom. The molecule has 39 valence electrons. The molecule has 0 radical (unpaired) electrons. The molecule has 6 heteroatoms. The summed E-state index contributed by atoms with van der Waals surface area (Å²) < 4.78 is 37.1. The Labute approximate surface area is 41.7 Å². The van der Waals surface area contributed by atoms with Gasteiger partial charge in [-0.05, 0) is 0 Å². The molecule has 0 N–H and O–H groups in total. The molecule has 4 nitrogen and oxygen atoms in total. The van der Waals surface area contributed by atoms with Crippen molar-refractivity contribution in [3.05, 3.63) is 0 Å². The van der Waals surface area contributed by atoms with Crippen molar-refractivity contribution in [3.63, 3.8) is 0 Å². The fourth-order valence-corrected chi connectivity index (χ4v) is 0. The predicted molar refractivity (Wildman–Crippen MR) is 2.75 cm³/mol. The van der Waals surface area contributed by atoms with Gasteiger partial charge < -0.3 is 0 Å². The second kappa shape index (κ2) is 2.01. The van der Waals surface area contributed by atoms with Crippen molar-refractivity contribution in [2.75, 3.05) is 0 Å². The SMILES string of the molecule is [O]=[Ir][Mo](=[O])(=[O])=[O]. The summed E-state index contributed by atoms with van der Waals surface area (Å²) in [6.45, 7) is 0. The second-order valence-corrected chi connectivity index (χ2v) is 12.0. The Balaban J connectivity index is 4.80. The van der Waals surface area contributed by atoms with Gasteiger partial charge >= 0.3 is 41.6 Å². The Morgan fingerprint density at radius 2 is 1.33 bits per heavy atom. The Morgan fingerprint density at radius 3 is 1.33 bits per heavy atom. The van der Waals surface area contributed by atoms with Crippen LogP contribution in [0.15, 0.2) is 0 Å². The number of hydrogen-bond acceptors (Lipinski definition) is 4. The van der Waals surface area contributed by atoms with E-state index < -0.39 is 27.9 Å². The Bertz CT molecular complexity index is 162. The molecule has 0 amide bonds. The molecule has 0 bridgehead atoms. The van der Waals surface area contributed by atoms with Crippen LogP contribution in [-0.4, -0.2) is 0 Å². The first kappa shape index (κ1) is 6.54. The zero-order chi connectivity index (χ0) is 5.21. The second-order valence-electron chi connectivity index (χ2n) is 0.426. The van der Waals surface area contributed by atoms with E-state index in [4.69, 9.17) is 0 Å². The van der Waals surface area contributed by atoms with Gasteiger partial charge in [-0.1, -0.05) is 0 Å². The van der Waals surface area contributed by atoms with Crippen molar-refractivity contribution in [3.8, 4) is 0 Å². The molecule has 0 aromatic rings. The van der Waals surface area contributed by atoms with Crippen LogP contribution >= 0.6 is 0 Å². The Kier molecular flexibility index (Phi) is 2.19. The molecule has 0 aliphatic heterocycles. The molecule has 0 rings (SSSR count). The van der Waals surface area contributed by atoms with Crippen LogP contribution in [-0.2, 0) is 41.6 Å². The Hall–Kier alpha value is 0.538. The minimum absolute atomic E-state index is 2.37. The molecular weight excluding hydrogens is 352 g/mol. The quantitative estimate of drug-likeness (QED) is 0.598. The maximum atomic E-state index is 9.29. The topological polar surface area (TPSA) is 68.3 Å². The van der Waals surface area contributed by atoms with Gasteiger partial charge in [-0.2, -0.15) is 0 Å². The molecule has 6 heavy (non-hydrogen) atoms. The van der Waals surface area contributed by atoms with Gasteiger partial charge in [-0.25, -0.2) is 0 Å². The summed E-state index contributed by atoms with van der Waals surface area (Å²) in [5.74, 6) is 0. The van der Waals surface area contributed by atoms with Crippen LogP contribution in [0.4, 0.5) is 0 Å². The van der Waals surface area contributed by atoms with Crippen molar-refractivity contribution >= 4 is 0 Å². The van der Waals surface area contributed by atoms with Crippen LogP contribution in [0.3, 0.4) is 0 Å². The predicted octanol–water partition coefficient (Wildman–Crippen LogP) is -0.480. The first-order chi connectivity index (χ1) is 2.56. The van der Waals surface area contributed by atoms with E-state index in [1.54, 1.807) is 0 Å². The molecule has 0 aliphatic carbocycles. The van der Waals surface area contributed by atoms with E-state index in [9.17, 15) is 13.7 Å². The van der Waals surface area contributed by atoms with E-state index in [1.165, 1.54) is 0 Å². The van der Waals surface area contributed by atoms with E-state index in [0.29, 0.717) is 0 Å². The van der Waals surface area contributed by atoms with Crippen LogP contribution in [0.25, 0.3) is 0 Å². The third-order valence-electron chi connectivity index (χ3n) is 0.0680. The van der Waals surface area contributed by atoms with Gasteiger partial charge in [0.15, 0.2) is 0 Å². The van der Waals surface area contributed by atoms with Crippen molar-refractivity contribution in [1.29, 1.82) is 0 Å². The molecule has 0 heterocycles. The van der Waals surface area contributed by atoms with E-state index in [2.05, 4.69) is 0 Å². The van der Waals surface area contributed by atoms with Gasteiger partial charge in [-0.3, -0.25) is 0 Å².